The van der Waals surface area contributed by atoms with Crippen LogP contribution in [0, 0.1) is 5.92 Å². The minimum absolute atomic E-state index is 0.0250. The molecule has 0 saturated heterocycles. The van der Waals surface area contributed by atoms with Crippen LogP contribution in [0.3, 0.4) is 0 Å². The standard InChI is InChI=1S/C20H23NO4/c22-20(17-8-9-23-13-17)21(11-15-4-2-1-3-5-15)12-16-6-7-18-19(10-16)25-14-24-18/h6-10,13,15H,1-5,11-12,14H2. The quantitative estimate of drug-likeness (QED) is 0.816. The summed E-state index contributed by atoms with van der Waals surface area (Å²) in [6.07, 6.45) is 9.33. The van der Waals surface area contributed by atoms with Crippen LogP contribution < -0.4 is 9.47 Å². The predicted molar refractivity (Wildman–Crippen MR) is 92.6 cm³/mol. The average molecular weight is 341 g/mol. The Morgan fingerprint density at radius 2 is 1.92 bits per heavy atom. The molecule has 0 N–H and O–H groups in total. The summed E-state index contributed by atoms with van der Waals surface area (Å²) in [6.45, 7) is 1.62. The molecular weight excluding hydrogens is 318 g/mol. The summed E-state index contributed by atoms with van der Waals surface area (Å²) in [7, 11) is 0. The maximum atomic E-state index is 12.9. The van der Waals surface area contributed by atoms with Crippen LogP contribution in [0.25, 0.3) is 0 Å². The van der Waals surface area contributed by atoms with Crippen molar-refractivity contribution in [2.45, 2.75) is 38.6 Å². The number of nitrogens with zero attached hydrogens (tertiary/aromatic N) is 1. The second kappa shape index (κ2) is 7.21. The number of hydrogen-bond donors (Lipinski definition) is 0. The van der Waals surface area contributed by atoms with Crippen molar-refractivity contribution in [1.82, 2.24) is 4.90 Å². The zero-order valence-corrected chi connectivity index (χ0v) is 14.3. The van der Waals surface area contributed by atoms with Crippen molar-refractivity contribution in [3.63, 3.8) is 0 Å². The van der Waals surface area contributed by atoms with Crippen molar-refractivity contribution in [3.05, 3.63) is 47.9 Å². The van der Waals surface area contributed by atoms with Crippen LogP contribution in [0.5, 0.6) is 11.5 Å². The van der Waals surface area contributed by atoms with Gasteiger partial charge in [-0.25, -0.2) is 0 Å². The Balaban J connectivity index is 1.52. The molecule has 1 amide bonds. The number of carbonyl (C=O) groups excluding carboxylic acids is 1. The normalized spacial score (nSPS) is 16.8. The van der Waals surface area contributed by atoms with Crippen molar-refractivity contribution in [3.8, 4) is 11.5 Å². The van der Waals surface area contributed by atoms with Crippen LogP contribution in [-0.2, 0) is 6.54 Å². The van der Waals surface area contributed by atoms with Gasteiger partial charge in [-0.15, -0.1) is 0 Å². The molecule has 1 aromatic heterocycles. The topological polar surface area (TPSA) is 51.9 Å². The first kappa shape index (κ1) is 16.1. The van der Waals surface area contributed by atoms with E-state index >= 15 is 0 Å². The van der Waals surface area contributed by atoms with Crippen LogP contribution >= 0.6 is 0 Å². The lowest BCUT2D eigenvalue weighted by Crippen LogP contribution is -2.35. The van der Waals surface area contributed by atoms with Crippen LogP contribution in [0.4, 0.5) is 0 Å². The second-order valence-electron chi connectivity index (χ2n) is 6.89. The zero-order valence-electron chi connectivity index (χ0n) is 14.3. The molecule has 2 aliphatic rings. The summed E-state index contributed by atoms with van der Waals surface area (Å²) in [5, 5.41) is 0. The van der Waals surface area contributed by atoms with Gasteiger partial charge < -0.3 is 18.8 Å². The fourth-order valence-corrected chi connectivity index (χ4v) is 3.73. The molecule has 1 aliphatic carbocycles. The molecule has 132 valence electrons. The molecule has 0 atom stereocenters. The van der Waals surface area contributed by atoms with Crippen molar-refractivity contribution in [1.29, 1.82) is 0 Å². The van der Waals surface area contributed by atoms with E-state index in [1.807, 2.05) is 23.1 Å². The van der Waals surface area contributed by atoms with E-state index < -0.39 is 0 Å². The van der Waals surface area contributed by atoms with Crippen molar-refractivity contribution in [2.75, 3.05) is 13.3 Å². The zero-order chi connectivity index (χ0) is 17.1. The molecule has 1 saturated carbocycles. The van der Waals surface area contributed by atoms with E-state index in [0.29, 0.717) is 18.0 Å². The summed E-state index contributed by atoms with van der Waals surface area (Å²) >= 11 is 0. The number of ether oxygens (including phenoxy) is 2. The smallest absolute Gasteiger partial charge is 0.257 e. The Morgan fingerprint density at radius 3 is 2.72 bits per heavy atom. The highest BCUT2D eigenvalue weighted by atomic mass is 16.7. The lowest BCUT2D eigenvalue weighted by Gasteiger charge is -2.29. The van der Waals surface area contributed by atoms with Gasteiger partial charge in [-0.1, -0.05) is 25.3 Å². The summed E-state index contributed by atoms with van der Waals surface area (Å²) in [6, 6.07) is 7.62. The van der Waals surface area contributed by atoms with Gasteiger partial charge >= 0.3 is 0 Å². The number of fused-ring (bicyclic) bond motifs is 1. The monoisotopic (exact) mass is 341 g/mol. The van der Waals surface area contributed by atoms with Crippen LogP contribution in [0.2, 0.25) is 0 Å². The van der Waals surface area contributed by atoms with Gasteiger partial charge in [0.25, 0.3) is 5.91 Å². The highest BCUT2D eigenvalue weighted by Crippen LogP contribution is 2.33. The molecule has 1 aliphatic heterocycles. The Kier molecular flexibility index (Phi) is 4.63. The van der Waals surface area contributed by atoms with E-state index in [1.165, 1.54) is 38.4 Å². The number of carbonyl (C=O) groups is 1. The number of hydrogen-bond acceptors (Lipinski definition) is 4. The lowest BCUT2D eigenvalue weighted by atomic mass is 9.88. The third-order valence-electron chi connectivity index (χ3n) is 5.07. The van der Waals surface area contributed by atoms with Crippen molar-refractivity contribution >= 4 is 5.91 Å². The summed E-state index contributed by atoms with van der Waals surface area (Å²) in [5.41, 5.74) is 1.66. The van der Waals surface area contributed by atoms with Gasteiger partial charge in [-0.2, -0.15) is 0 Å². The fraction of sp³-hybridized carbons (Fsp3) is 0.450. The van der Waals surface area contributed by atoms with E-state index in [0.717, 1.165) is 23.6 Å². The Hall–Kier alpha value is -2.43. The Labute approximate surface area is 147 Å². The first-order chi connectivity index (χ1) is 12.3. The fourth-order valence-electron chi connectivity index (χ4n) is 3.73. The third kappa shape index (κ3) is 3.65. The Bertz CT molecular complexity index is 719. The average Bonchev–Trinajstić information content (AvgIpc) is 3.33. The highest BCUT2D eigenvalue weighted by molar-refractivity contribution is 5.93. The molecule has 25 heavy (non-hydrogen) atoms. The van der Waals surface area contributed by atoms with Gasteiger partial charge in [0.15, 0.2) is 11.5 Å². The van der Waals surface area contributed by atoms with Crippen molar-refractivity contribution < 1.29 is 18.7 Å². The van der Waals surface area contributed by atoms with Gasteiger partial charge in [0.2, 0.25) is 6.79 Å². The molecule has 5 heteroatoms. The SMILES string of the molecule is O=C(c1ccoc1)N(Cc1ccc2c(c1)OCO2)CC1CCCCC1. The molecule has 0 radical (unpaired) electrons. The molecule has 1 fully saturated rings. The van der Waals surface area contributed by atoms with E-state index in [-0.39, 0.29) is 12.7 Å². The van der Waals surface area contributed by atoms with Crippen molar-refractivity contribution in [2.24, 2.45) is 5.92 Å². The van der Waals surface area contributed by atoms with Gasteiger partial charge in [0, 0.05) is 13.1 Å². The van der Waals surface area contributed by atoms with Gasteiger partial charge in [0.05, 0.1) is 11.8 Å². The molecule has 0 unspecified atom stereocenters. The molecule has 5 nitrogen and oxygen atoms in total. The second-order valence-corrected chi connectivity index (χ2v) is 6.89. The molecule has 1 aromatic carbocycles. The minimum atomic E-state index is 0.0250. The maximum Gasteiger partial charge on any atom is 0.257 e. The lowest BCUT2D eigenvalue weighted by molar-refractivity contribution is 0.0698. The van der Waals surface area contributed by atoms with E-state index in [1.54, 1.807) is 12.3 Å². The molecule has 2 aromatic rings. The highest BCUT2D eigenvalue weighted by Gasteiger charge is 2.23. The Morgan fingerprint density at radius 1 is 1.08 bits per heavy atom. The number of benzene rings is 1. The van der Waals surface area contributed by atoms with E-state index in [2.05, 4.69) is 0 Å². The molecular formula is C20H23NO4. The predicted octanol–water partition coefficient (Wildman–Crippen LogP) is 4.23. The molecule has 0 spiro atoms. The summed E-state index contributed by atoms with van der Waals surface area (Å²) in [5.74, 6) is 2.13. The maximum absolute atomic E-state index is 12.9. The first-order valence-corrected chi connectivity index (χ1v) is 8.99. The van der Waals surface area contributed by atoms with Crippen LogP contribution in [0.15, 0.2) is 41.2 Å². The largest absolute Gasteiger partial charge is 0.472 e. The summed E-state index contributed by atoms with van der Waals surface area (Å²) in [4.78, 5) is 14.9. The van der Waals surface area contributed by atoms with E-state index in [9.17, 15) is 4.79 Å². The number of amides is 1. The minimum Gasteiger partial charge on any atom is -0.472 e. The molecule has 4 rings (SSSR count). The van der Waals surface area contributed by atoms with Gasteiger partial charge in [-0.3, -0.25) is 4.79 Å². The van der Waals surface area contributed by atoms with Crippen LogP contribution in [-0.4, -0.2) is 24.1 Å². The van der Waals surface area contributed by atoms with Gasteiger partial charge in [0.1, 0.15) is 6.26 Å². The van der Waals surface area contributed by atoms with Crippen LogP contribution in [0.1, 0.15) is 48.0 Å². The van der Waals surface area contributed by atoms with E-state index in [4.69, 9.17) is 13.9 Å². The first-order valence-electron chi connectivity index (χ1n) is 8.99. The number of furan rings is 1. The number of rotatable bonds is 5. The summed E-state index contributed by atoms with van der Waals surface area (Å²) < 4.78 is 15.9. The van der Waals surface area contributed by atoms with Gasteiger partial charge in [-0.05, 0) is 42.5 Å². The molecule has 0 bridgehead atoms. The third-order valence-corrected chi connectivity index (χ3v) is 5.07. The molecule has 2 heterocycles.